The fraction of sp³-hybridized carbons (Fsp3) is 0.0667. The molecule has 21 heavy (non-hydrogen) atoms. The summed E-state index contributed by atoms with van der Waals surface area (Å²) in [5.41, 5.74) is 7.27. The topological polar surface area (TPSA) is 88.1 Å². The lowest BCUT2D eigenvalue weighted by atomic mass is 10.1. The second-order valence-corrected chi connectivity index (χ2v) is 4.23. The zero-order chi connectivity index (χ0) is 15.4. The smallest absolute Gasteiger partial charge is 0.337 e. The largest absolute Gasteiger partial charge is 0.465 e. The molecule has 0 aliphatic heterocycles. The molecule has 0 heterocycles. The van der Waals surface area contributed by atoms with Gasteiger partial charge in [0.25, 0.3) is 0 Å². The van der Waals surface area contributed by atoms with Crippen molar-refractivity contribution >= 4 is 23.0 Å². The van der Waals surface area contributed by atoms with Gasteiger partial charge in [-0.25, -0.2) is 9.18 Å². The quantitative estimate of drug-likeness (QED) is 0.668. The molecule has 2 rings (SSSR count). The Morgan fingerprint density at radius 2 is 2.00 bits per heavy atom. The number of halogens is 1. The molecule has 0 unspecified atom stereocenters. The van der Waals surface area contributed by atoms with Crippen LogP contribution in [0.25, 0.3) is 0 Å². The van der Waals surface area contributed by atoms with Crippen molar-refractivity contribution in [2.45, 2.75) is 0 Å². The first-order chi connectivity index (χ1) is 10.0. The Bertz CT molecular complexity index is 738. The molecular formula is C15H12FN3O2. The van der Waals surface area contributed by atoms with Crippen LogP contribution in [-0.4, -0.2) is 13.1 Å². The number of nitrogens with zero attached hydrogens (tertiary/aromatic N) is 1. The first kappa shape index (κ1) is 14.3. The van der Waals surface area contributed by atoms with Crippen LogP contribution in [0.1, 0.15) is 15.9 Å². The van der Waals surface area contributed by atoms with Gasteiger partial charge >= 0.3 is 5.97 Å². The van der Waals surface area contributed by atoms with Crippen molar-refractivity contribution < 1.29 is 13.9 Å². The molecule has 0 atom stereocenters. The number of rotatable bonds is 3. The summed E-state index contributed by atoms with van der Waals surface area (Å²) >= 11 is 0. The summed E-state index contributed by atoms with van der Waals surface area (Å²) < 4.78 is 18.4. The number of methoxy groups -OCH3 is 1. The molecule has 2 aromatic carbocycles. The van der Waals surface area contributed by atoms with Crippen LogP contribution in [0.15, 0.2) is 36.4 Å². The zero-order valence-corrected chi connectivity index (χ0v) is 11.2. The molecule has 5 nitrogen and oxygen atoms in total. The van der Waals surface area contributed by atoms with Gasteiger partial charge in [0.1, 0.15) is 5.82 Å². The van der Waals surface area contributed by atoms with Gasteiger partial charge in [-0.05, 0) is 36.4 Å². The first-order valence-corrected chi connectivity index (χ1v) is 5.99. The van der Waals surface area contributed by atoms with Crippen LogP contribution in [0.3, 0.4) is 0 Å². The Balaban J connectivity index is 2.28. The molecule has 2 aromatic rings. The molecule has 0 saturated carbocycles. The van der Waals surface area contributed by atoms with Crippen molar-refractivity contribution in [3.63, 3.8) is 0 Å². The number of hydrogen-bond donors (Lipinski definition) is 2. The number of nitrogen functional groups attached to an aromatic ring is 1. The lowest BCUT2D eigenvalue weighted by molar-refractivity contribution is 0.0601. The van der Waals surface area contributed by atoms with Gasteiger partial charge in [-0.2, -0.15) is 5.26 Å². The van der Waals surface area contributed by atoms with Gasteiger partial charge in [0.05, 0.1) is 41.4 Å². The van der Waals surface area contributed by atoms with E-state index in [0.717, 1.165) is 6.07 Å². The minimum Gasteiger partial charge on any atom is -0.465 e. The van der Waals surface area contributed by atoms with Gasteiger partial charge in [0.2, 0.25) is 0 Å². The number of anilines is 3. The molecule has 0 spiro atoms. The fourth-order valence-corrected chi connectivity index (χ4v) is 1.75. The monoisotopic (exact) mass is 285 g/mol. The molecular weight excluding hydrogens is 273 g/mol. The van der Waals surface area contributed by atoms with Crippen LogP contribution in [-0.2, 0) is 4.74 Å². The number of esters is 1. The molecule has 6 heteroatoms. The molecule has 0 amide bonds. The van der Waals surface area contributed by atoms with Crippen molar-refractivity contribution in [3.05, 3.63) is 53.3 Å². The van der Waals surface area contributed by atoms with Crippen molar-refractivity contribution in [3.8, 4) is 6.07 Å². The van der Waals surface area contributed by atoms with E-state index in [9.17, 15) is 9.18 Å². The van der Waals surface area contributed by atoms with E-state index in [1.807, 2.05) is 6.07 Å². The van der Waals surface area contributed by atoms with Crippen molar-refractivity contribution in [1.82, 2.24) is 0 Å². The predicted octanol–water partition coefficient (Wildman–Crippen LogP) is 2.81. The van der Waals surface area contributed by atoms with Gasteiger partial charge in [-0.3, -0.25) is 0 Å². The van der Waals surface area contributed by atoms with Crippen molar-refractivity contribution in [1.29, 1.82) is 5.26 Å². The van der Waals surface area contributed by atoms with Crippen LogP contribution in [0, 0.1) is 17.1 Å². The number of ether oxygens (including phenoxy) is 1. The number of hydrogen-bond acceptors (Lipinski definition) is 5. The van der Waals surface area contributed by atoms with Gasteiger partial charge in [0, 0.05) is 0 Å². The lowest BCUT2D eigenvalue weighted by Crippen LogP contribution is -2.04. The highest BCUT2D eigenvalue weighted by molar-refractivity contribution is 5.92. The number of carbonyl (C=O) groups excluding carboxylic acids is 1. The molecule has 106 valence electrons. The molecule has 0 aromatic heterocycles. The summed E-state index contributed by atoms with van der Waals surface area (Å²) in [5, 5.41) is 11.5. The number of nitrogens with two attached hydrogens (primary N) is 1. The minimum absolute atomic E-state index is 0.187. The summed E-state index contributed by atoms with van der Waals surface area (Å²) in [7, 11) is 1.27. The molecule has 0 aliphatic carbocycles. The molecule has 0 radical (unpaired) electrons. The first-order valence-electron chi connectivity index (χ1n) is 5.99. The average molecular weight is 285 g/mol. The van der Waals surface area contributed by atoms with E-state index in [4.69, 9.17) is 11.0 Å². The number of nitriles is 1. The van der Waals surface area contributed by atoms with E-state index in [1.165, 1.54) is 31.4 Å². The maximum absolute atomic E-state index is 13.8. The van der Waals surface area contributed by atoms with Gasteiger partial charge < -0.3 is 15.8 Å². The van der Waals surface area contributed by atoms with Crippen LogP contribution in [0.2, 0.25) is 0 Å². The molecule has 0 saturated heterocycles. The maximum Gasteiger partial charge on any atom is 0.337 e. The highest BCUT2D eigenvalue weighted by atomic mass is 19.1. The molecule has 0 bridgehead atoms. The molecule has 0 aliphatic rings. The van der Waals surface area contributed by atoms with Gasteiger partial charge in [-0.15, -0.1) is 0 Å². The summed E-state index contributed by atoms with van der Waals surface area (Å²) in [6.45, 7) is 0. The summed E-state index contributed by atoms with van der Waals surface area (Å²) in [5.74, 6) is -1.07. The number of nitrogens with one attached hydrogen (secondary N) is 1. The van der Waals surface area contributed by atoms with E-state index in [0.29, 0.717) is 11.3 Å². The Morgan fingerprint density at radius 3 is 2.57 bits per heavy atom. The Labute approximate surface area is 120 Å². The second kappa shape index (κ2) is 5.92. The molecule has 3 N–H and O–H groups in total. The fourth-order valence-electron chi connectivity index (χ4n) is 1.75. The van der Waals surface area contributed by atoms with Crippen LogP contribution < -0.4 is 11.1 Å². The molecule has 0 fully saturated rings. The third-order valence-electron chi connectivity index (χ3n) is 2.84. The summed E-state index contributed by atoms with van der Waals surface area (Å²) in [4.78, 5) is 11.4. The third kappa shape index (κ3) is 3.09. The summed E-state index contributed by atoms with van der Waals surface area (Å²) in [6, 6.07) is 10.4. The highest BCUT2D eigenvalue weighted by Gasteiger charge is 2.10. The Kier molecular flexibility index (Phi) is 4.05. The second-order valence-electron chi connectivity index (χ2n) is 4.23. The van der Waals surface area contributed by atoms with E-state index in [2.05, 4.69) is 10.1 Å². The standard InChI is InChI=1S/C15H12FN3O2/c1-21-15(20)10-3-5-14(12(18)7-10)19-13-4-2-9(8-17)6-11(13)16/h2-7,19H,18H2,1H3. The lowest BCUT2D eigenvalue weighted by Gasteiger charge is -2.11. The van der Waals surface area contributed by atoms with Gasteiger partial charge in [-0.1, -0.05) is 0 Å². The van der Waals surface area contributed by atoms with Crippen LogP contribution >= 0.6 is 0 Å². The SMILES string of the molecule is COC(=O)c1ccc(Nc2ccc(C#N)cc2F)c(N)c1. The minimum atomic E-state index is -0.564. The zero-order valence-electron chi connectivity index (χ0n) is 11.2. The number of benzene rings is 2. The van der Waals surface area contributed by atoms with Gasteiger partial charge in [0.15, 0.2) is 0 Å². The van der Waals surface area contributed by atoms with E-state index in [-0.39, 0.29) is 16.9 Å². The van der Waals surface area contributed by atoms with Crippen molar-refractivity contribution in [2.75, 3.05) is 18.2 Å². The van der Waals surface area contributed by atoms with E-state index >= 15 is 0 Å². The predicted molar refractivity (Wildman–Crippen MR) is 76.6 cm³/mol. The number of carbonyl (C=O) groups is 1. The van der Waals surface area contributed by atoms with Crippen molar-refractivity contribution in [2.24, 2.45) is 0 Å². The Hall–Kier alpha value is -3.07. The normalized spacial score (nSPS) is 9.76. The third-order valence-corrected chi connectivity index (χ3v) is 2.84. The maximum atomic E-state index is 13.8. The summed E-state index contributed by atoms with van der Waals surface area (Å²) in [6.07, 6.45) is 0. The average Bonchev–Trinajstić information content (AvgIpc) is 2.50. The van der Waals surface area contributed by atoms with E-state index < -0.39 is 11.8 Å². The van der Waals surface area contributed by atoms with E-state index in [1.54, 1.807) is 6.07 Å². The van der Waals surface area contributed by atoms with Crippen LogP contribution in [0.5, 0.6) is 0 Å². The van der Waals surface area contributed by atoms with Crippen LogP contribution in [0.4, 0.5) is 21.5 Å². The Morgan fingerprint density at radius 1 is 1.29 bits per heavy atom. The highest BCUT2D eigenvalue weighted by Crippen LogP contribution is 2.26.